The second-order valence-electron chi connectivity index (χ2n) is 3.36. The highest BCUT2D eigenvalue weighted by Crippen LogP contribution is 2.22. The molecule has 2 fully saturated rings. The van der Waals surface area contributed by atoms with Crippen molar-refractivity contribution in [2.75, 3.05) is 13.1 Å². The van der Waals surface area contributed by atoms with Crippen LogP contribution in [0.15, 0.2) is 0 Å². The average Bonchev–Trinajstić information content (AvgIpc) is 2.59. The summed E-state index contributed by atoms with van der Waals surface area (Å²) >= 11 is 5.03. The predicted molar refractivity (Wildman–Crippen MR) is 56.6 cm³/mol. The smallest absolute Gasteiger partial charge is 0.323 e. The standard InChI is InChI=1S/C8H14N4OS/c1-3-11-5-6(10-7(14)9-5)12(4-2)8(11)13/h5-6H,3-4H2,1-2H3,(H2,9,10,14)/t5-,6+. The summed E-state index contributed by atoms with van der Waals surface area (Å²) in [6.07, 6.45) is -0.0000926. The van der Waals surface area contributed by atoms with Crippen molar-refractivity contribution in [3.63, 3.8) is 0 Å². The van der Waals surface area contributed by atoms with Gasteiger partial charge in [0.25, 0.3) is 0 Å². The molecule has 5 nitrogen and oxygen atoms in total. The van der Waals surface area contributed by atoms with Gasteiger partial charge < -0.3 is 20.4 Å². The Morgan fingerprint density at radius 3 is 2.00 bits per heavy atom. The molecule has 2 heterocycles. The highest BCUT2D eigenvalue weighted by Gasteiger charge is 2.48. The SMILES string of the molecule is CCN1C(=O)N(CC)[C@H]2NC(=S)N[C@H]21. The summed E-state index contributed by atoms with van der Waals surface area (Å²) in [6.45, 7) is 5.34. The van der Waals surface area contributed by atoms with Crippen LogP contribution in [0.4, 0.5) is 4.79 Å². The lowest BCUT2D eigenvalue weighted by atomic mass is 10.4. The lowest BCUT2D eigenvalue weighted by molar-refractivity contribution is 0.186. The van der Waals surface area contributed by atoms with Crippen LogP contribution in [0.5, 0.6) is 0 Å². The van der Waals surface area contributed by atoms with Crippen LogP contribution in [0.2, 0.25) is 0 Å². The third kappa shape index (κ3) is 1.13. The van der Waals surface area contributed by atoms with E-state index in [1.165, 1.54) is 0 Å². The Hall–Kier alpha value is -1.04. The molecule has 2 atom stereocenters. The van der Waals surface area contributed by atoms with E-state index < -0.39 is 0 Å². The first kappa shape index (κ1) is 9.51. The third-order valence-electron chi connectivity index (χ3n) is 2.70. The highest BCUT2D eigenvalue weighted by molar-refractivity contribution is 7.80. The first-order valence-corrected chi connectivity index (χ1v) is 5.24. The number of hydrogen-bond acceptors (Lipinski definition) is 2. The first-order valence-electron chi connectivity index (χ1n) is 4.83. The minimum absolute atomic E-state index is 0.0000463. The maximum atomic E-state index is 11.8. The van der Waals surface area contributed by atoms with E-state index in [9.17, 15) is 4.79 Å². The molecule has 2 saturated heterocycles. The van der Waals surface area contributed by atoms with Gasteiger partial charge in [-0.15, -0.1) is 0 Å². The van der Waals surface area contributed by atoms with Crippen LogP contribution >= 0.6 is 12.2 Å². The number of nitrogens with one attached hydrogen (secondary N) is 2. The Morgan fingerprint density at radius 2 is 1.64 bits per heavy atom. The molecular formula is C8H14N4OS. The second-order valence-corrected chi connectivity index (χ2v) is 3.77. The van der Waals surface area contributed by atoms with Crippen LogP contribution in [0.25, 0.3) is 0 Å². The Balaban J connectivity index is 2.24. The zero-order valence-electron chi connectivity index (χ0n) is 8.28. The van der Waals surface area contributed by atoms with Crippen LogP contribution in [-0.4, -0.2) is 46.4 Å². The van der Waals surface area contributed by atoms with Gasteiger partial charge in [0, 0.05) is 13.1 Å². The van der Waals surface area contributed by atoms with E-state index in [2.05, 4.69) is 10.6 Å². The van der Waals surface area contributed by atoms with Gasteiger partial charge in [0.05, 0.1) is 0 Å². The zero-order valence-corrected chi connectivity index (χ0v) is 9.10. The van der Waals surface area contributed by atoms with Crippen LogP contribution in [-0.2, 0) is 0 Å². The molecule has 2 amide bonds. The van der Waals surface area contributed by atoms with Crippen molar-refractivity contribution in [1.82, 2.24) is 20.4 Å². The van der Waals surface area contributed by atoms with Crippen LogP contribution in [0, 0.1) is 0 Å². The largest absolute Gasteiger partial charge is 0.339 e. The molecule has 0 bridgehead atoms. The van der Waals surface area contributed by atoms with Gasteiger partial charge in [0.1, 0.15) is 12.3 Å². The van der Waals surface area contributed by atoms with Gasteiger partial charge >= 0.3 is 6.03 Å². The normalized spacial score (nSPS) is 30.4. The molecule has 2 aliphatic heterocycles. The molecule has 2 aliphatic rings. The molecule has 14 heavy (non-hydrogen) atoms. The van der Waals surface area contributed by atoms with Crippen LogP contribution in [0.1, 0.15) is 13.8 Å². The molecular weight excluding hydrogens is 200 g/mol. The van der Waals surface area contributed by atoms with E-state index in [0.717, 1.165) is 0 Å². The van der Waals surface area contributed by atoms with Crippen molar-refractivity contribution < 1.29 is 4.79 Å². The van der Waals surface area contributed by atoms with Crippen molar-refractivity contribution >= 4 is 23.4 Å². The monoisotopic (exact) mass is 214 g/mol. The molecule has 0 aromatic carbocycles. The molecule has 78 valence electrons. The van der Waals surface area contributed by atoms with Gasteiger partial charge in [0.2, 0.25) is 0 Å². The van der Waals surface area contributed by atoms with E-state index in [0.29, 0.717) is 18.2 Å². The van der Waals surface area contributed by atoms with Gasteiger partial charge in [-0.05, 0) is 26.1 Å². The number of hydrogen-bond donors (Lipinski definition) is 2. The number of rotatable bonds is 2. The van der Waals surface area contributed by atoms with Gasteiger partial charge in [0.15, 0.2) is 5.11 Å². The Kier molecular flexibility index (Phi) is 2.22. The summed E-state index contributed by atoms with van der Waals surface area (Å²) in [7, 11) is 0. The Morgan fingerprint density at radius 1 is 1.21 bits per heavy atom. The maximum Gasteiger partial charge on any atom is 0.323 e. The number of thiocarbonyl (C=S) groups is 1. The van der Waals surface area contributed by atoms with E-state index in [4.69, 9.17) is 12.2 Å². The maximum absolute atomic E-state index is 11.8. The minimum atomic E-state index is -0.0000463. The van der Waals surface area contributed by atoms with Gasteiger partial charge in [-0.3, -0.25) is 0 Å². The lowest BCUT2D eigenvalue weighted by Crippen LogP contribution is -2.43. The van der Waals surface area contributed by atoms with Gasteiger partial charge in [-0.2, -0.15) is 0 Å². The number of urea groups is 1. The minimum Gasteiger partial charge on any atom is -0.339 e. The van der Waals surface area contributed by atoms with E-state index in [1.807, 2.05) is 13.8 Å². The summed E-state index contributed by atoms with van der Waals surface area (Å²) in [5, 5.41) is 6.82. The molecule has 2 N–H and O–H groups in total. The van der Waals surface area contributed by atoms with Crippen molar-refractivity contribution in [1.29, 1.82) is 0 Å². The molecule has 2 rings (SSSR count). The average molecular weight is 214 g/mol. The summed E-state index contributed by atoms with van der Waals surface area (Å²) < 4.78 is 0. The summed E-state index contributed by atoms with van der Waals surface area (Å²) in [6, 6.07) is 0.0764. The Bertz CT molecular complexity index is 259. The Labute approximate surface area is 88.4 Å². The summed E-state index contributed by atoms with van der Waals surface area (Å²) in [4.78, 5) is 15.4. The van der Waals surface area contributed by atoms with Crippen molar-refractivity contribution in [3.05, 3.63) is 0 Å². The lowest BCUT2D eigenvalue weighted by Gasteiger charge is -2.20. The van der Waals surface area contributed by atoms with E-state index in [1.54, 1.807) is 9.80 Å². The van der Waals surface area contributed by atoms with Crippen LogP contribution < -0.4 is 10.6 Å². The van der Waals surface area contributed by atoms with E-state index >= 15 is 0 Å². The quantitative estimate of drug-likeness (QED) is 0.630. The molecule has 0 spiro atoms. The second kappa shape index (κ2) is 3.27. The molecule has 0 unspecified atom stereocenters. The van der Waals surface area contributed by atoms with Gasteiger partial charge in [-0.25, -0.2) is 4.79 Å². The van der Waals surface area contributed by atoms with Gasteiger partial charge in [-0.1, -0.05) is 0 Å². The number of carbonyl (C=O) groups excluding carboxylic acids is 1. The number of carbonyl (C=O) groups is 1. The summed E-state index contributed by atoms with van der Waals surface area (Å²) in [5.41, 5.74) is 0. The molecule has 6 heteroatoms. The zero-order chi connectivity index (χ0) is 10.3. The first-order chi connectivity index (χ1) is 6.69. The molecule has 0 aromatic heterocycles. The fourth-order valence-electron chi connectivity index (χ4n) is 2.03. The van der Waals surface area contributed by atoms with Crippen molar-refractivity contribution in [3.8, 4) is 0 Å². The number of nitrogens with zero attached hydrogens (tertiary/aromatic N) is 2. The predicted octanol–water partition coefficient (Wildman–Crippen LogP) is -0.106. The van der Waals surface area contributed by atoms with Crippen LogP contribution in [0.3, 0.4) is 0 Å². The number of likely N-dealkylation sites (N-methyl/N-ethyl adjacent to an activating group) is 2. The molecule has 0 aromatic rings. The summed E-state index contributed by atoms with van der Waals surface area (Å²) in [5.74, 6) is 0. The fourth-order valence-corrected chi connectivity index (χ4v) is 2.27. The number of fused-ring (bicyclic) bond motifs is 1. The fraction of sp³-hybridized carbons (Fsp3) is 0.750. The van der Waals surface area contributed by atoms with Crippen molar-refractivity contribution in [2.24, 2.45) is 0 Å². The topological polar surface area (TPSA) is 47.6 Å². The van der Waals surface area contributed by atoms with E-state index in [-0.39, 0.29) is 18.4 Å². The highest BCUT2D eigenvalue weighted by atomic mass is 32.1. The molecule has 0 aliphatic carbocycles. The number of amides is 2. The molecule has 0 saturated carbocycles. The van der Waals surface area contributed by atoms with Crippen molar-refractivity contribution in [2.45, 2.75) is 26.2 Å². The third-order valence-corrected chi connectivity index (χ3v) is 2.94. The molecule has 0 radical (unpaired) electrons.